The monoisotopic (exact) mass is 306 g/mol. The van der Waals surface area contributed by atoms with Crippen LogP contribution < -0.4 is 4.74 Å². The van der Waals surface area contributed by atoms with Gasteiger partial charge in [0.1, 0.15) is 11.3 Å². The zero-order chi connectivity index (χ0) is 14.7. The Morgan fingerprint density at radius 3 is 2.86 bits per heavy atom. The van der Waals surface area contributed by atoms with E-state index in [-0.39, 0.29) is 0 Å². The number of methoxy groups -OCH3 is 1. The molecular formula is C13H15ClN6O. The number of rotatable bonds is 6. The minimum atomic E-state index is 0.518. The fourth-order valence-electron chi connectivity index (χ4n) is 2.21. The van der Waals surface area contributed by atoms with E-state index in [1.54, 1.807) is 18.0 Å². The molecule has 3 heterocycles. The number of aryl methyl sites for hydroxylation is 3. The second kappa shape index (κ2) is 6.09. The summed E-state index contributed by atoms with van der Waals surface area (Å²) in [4.78, 5) is 9.08. The molecule has 3 aromatic rings. The Morgan fingerprint density at radius 1 is 1.24 bits per heavy atom. The van der Waals surface area contributed by atoms with Gasteiger partial charge >= 0.3 is 0 Å². The highest BCUT2D eigenvalue weighted by molar-refractivity contribution is 6.17. The maximum atomic E-state index is 5.87. The Hall–Kier alpha value is -2.15. The van der Waals surface area contributed by atoms with Crippen LogP contribution in [0.4, 0.5) is 0 Å². The predicted octanol–water partition coefficient (Wildman–Crippen LogP) is 1.51. The molecule has 0 aliphatic rings. The topological polar surface area (TPSA) is 70.7 Å². The molecule has 0 amide bonds. The Labute approximate surface area is 126 Å². The van der Waals surface area contributed by atoms with Gasteiger partial charge in [-0.2, -0.15) is 4.98 Å². The molecule has 0 unspecified atom stereocenters. The molecule has 110 valence electrons. The molecule has 0 aromatic carbocycles. The standard InChI is InChI=1S/C13H15ClN6O/c1-21-12-3-2-10-13(17-12)20(11(16-10)4-5-14)9-8-19-7-6-15-18-19/h2-3,6-7H,4-5,8-9H2,1H3. The van der Waals surface area contributed by atoms with Gasteiger partial charge < -0.3 is 9.30 Å². The minimum Gasteiger partial charge on any atom is -0.481 e. The zero-order valence-corrected chi connectivity index (χ0v) is 12.4. The fraction of sp³-hybridized carbons (Fsp3) is 0.385. The van der Waals surface area contributed by atoms with Crippen molar-refractivity contribution in [3.8, 4) is 5.88 Å². The van der Waals surface area contributed by atoms with Crippen molar-refractivity contribution in [1.82, 2.24) is 29.5 Å². The molecule has 0 aliphatic heterocycles. The number of hydrogen-bond acceptors (Lipinski definition) is 5. The van der Waals surface area contributed by atoms with Crippen molar-refractivity contribution in [2.24, 2.45) is 0 Å². The Bertz CT molecular complexity index is 724. The smallest absolute Gasteiger partial charge is 0.215 e. The lowest BCUT2D eigenvalue weighted by Crippen LogP contribution is -2.12. The quantitative estimate of drug-likeness (QED) is 0.646. The van der Waals surface area contributed by atoms with Crippen molar-refractivity contribution >= 4 is 22.8 Å². The molecule has 3 rings (SSSR count). The van der Waals surface area contributed by atoms with Crippen LogP contribution in [-0.4, -0.2) is 42.5 Å². The van der Waals surface area contributed by atoms with Crippen molar-refractivity contribution < 1.29 is 4.74 Å². The molecule has 0 saturated heterocycles. The first-order valence-electron chi connectivity index (χ1n) is 6.62. The van der Waals surface area contributed by atoms with Gasteiger partial charge in [0.25, 0.3) is 0 Å². The first-order chi connectivity index (χ1) is 10.3. The number of aromatic nitrogens is 6. The van der Waals surface area contributed by atoms with Crippen LogP contribution in [0.5, 0.6) is 5.88 Å². The van der Waals surface area contributed by atoms with E-state index in [0.29, 0.717) is 31.3 Å². The Kier molecular flexibility index (Phi) is 4.01. The summed E-state index contributed by atoms with van der Waals surface area (Å²) < 4.78 is 9.02. The van der Waals surface area contributed by atoms with Gasteiger partial charge in [-0.15, -0.1) is 16.7 Å². The average molecular weight is 307 g/mol. The summed E-state index contributed by atoms with van der Waals surface area (Å²) in [6.45, 7) is 1.39. The van der Waals surface area contributed by atoms with Crippen molar-refractivity contribution in [2.75, 3.05) is 13.0 Å². The summed E-state index contributed by atoms with van der Waals surface area (Å²) in [5, 5.41) is 7.77. The van der Waals surface area contributed by atoms with Gasteiger partial charge in [0.15, 0.2) is 5.65 Å². The fourth-order valence-corrected chi connectivity index (χ4v) is 2.38. The average Bonchev–Trinajstić information content (AvgIpc) is 3.12. The number of nitrogens with zero attached hydrogens (tertiary/aromatic N) is 6. The van der Waals surface area contributed by atoms with Gasteiger partial charge in [-0.3, -0.25) is 4.68 Å². The van der Waals surface area contributed by atoms with Crippen LogP contribution in [0.15, 0.2) is 24.5 Å². The van der Waals surface area contributed by atoms with Crippen LogP contribution in [0.2, 0.25) is 0 Å². The number of alkyl halides is 1. The molecule has 0 spiro atoms. The van der Waals surface area contributed by atoms with Gasteiger partial charge in [0, 0.05) is 31.1 Å². The maximum absolute atomic E-state index is 5.87. The summed E-state index contributed by atoms with van der Waals surface area (Å²) in [6, 6.07) is 3.71. The first kappa shape index (κ1) is 13.8. The van der Waals surface area contributed by atoms with E-state index in [0.717, 1.165) is 17.0 Å². The molecule has 3 aromatic heterocycles. The number of pyridine rings is 1. The molecule has 0 atom stereocenters. The largest absolute Gasteiger partial charge is 0.481 e. The summed E-state index contributed by atoms with van der Waals surface area (Å²) >= 11 is 5.87. The number of hydrogen-bond donors (Lipinski definition) is 0. The lowest BCUT2D eigenvalue weighted by Gasteiger charge is -2.08. The second-order valence-corrected chi connectivity index (χ2v) is 4.86. The van der Waals surface area contributed by atoms with Gasteiger partial charge in [-0.05, 0) is 6.07 Å². The van der Waals surface area contributed by atoms with Crippen molar-refractivity contribution in [3.63, 3.8) is 0 Å². The molecule has 0 aliphatic carbocycles. The molecule has 0 fully saturated rings. The normalized spacial score (nSPS) is 11.1. The highest BCUT2D eigenvalue weighted by Crippen LogP contribution is 2.19. The van der Waals surface area contributed by atoms with E-state index in [2.05, 4.69) is 24.8 Å². The van der Waals surface area contributed by atoms with Crippen LogP contribution in [0.1, 0.15) is 5.82 Å². The molecular weight excluding hydrogens is 292 g/mol. The molecule has 0 saturated carbocycles. The third-order valence-corrected chi connectivity index (χ3v) is 3.39. The lowest BCUT2D eigenvalue weighted by molar-refractivity contribution is 0.398. The van der Waals surface area contributed by atoms with Crippen molar-refractivity contribution in [1.29, 1.82) is 0 Å². The van der Waals surface area contributed by atoms with Crippen molar-refractivity contribution in [2.45, 2.75) is 19.5 Å². The van der Waals surface area contributed by atoms with Crippen molar-refractivity contribution in [3.05, 3.63) is 30.4 Å². The van der Waals surface area contributed by atoms with E-state index < -0.39 is 0 Å². The van der Waals surface area contributed by atoms with E-state index in [1.807, 2.05) is 18.3 Å². The van der Waals surface area contributed by atoms with Gasteiger partial charge in [0.05, 0.1) is 19.9 Å². The van der Waals surface area contributed by atoms with Gasteiger partial charge in [-0.25, -0.2) is 4.98 Å². The minimum absolute atomic E-state index is 0.518. The predicted molar refractivity (Wildman–Crippen MR) is 78.5 cm³/mol. The van der Waals surface area contributed by atoms with E-state index in [1.165, 1.54) is 0 Å². The number of ether oxygens (including phenoxy) is 1. The van der Waals surface area contributed by atoms with Crippen LogP contribution in [0.3, 0.4) is 0 Å². The number of imidazole rings is 1. The first-order valence-corrected chi connectivity index (χ1v) is 7.15. The Morgan fingerprint density at radius 2 is 2.14 bits per heavy atom. The highest BCUT2D eigenvalue weighted by atomic mass is 35.5. The lowest BCUT2D eigenvalue weighted by atomic mass is 10.4. The maximum Gasteiger partial charge on any atom is 0.215 e. The summed E-state index contributed by atoms with van der Waals surface area (Å²) in [7, 11) is 1.60. The van der Waals surface area contributed by atoms with Gasteiger partial charge in [0.2, 0.25) is 5.88 Å². The molecule has 8 heteroatoms. The van der Waals surface area contributed by atoms with E-state index in [9.17, 15) is 0 Å². The molecule has 0 radical (unpaired) electrons. The van der Waals surface area contributed by atoms with Gasteiger partial charge in [-0.1, -0.05) is 5.21 Å². The number of halogens is 1. The summed E-state index contributed by atoms with van der Waals surface area (Å²) in [5.74, 6) is 2.01. The Balaban J connectivity index is 1.97. The molecule has 0 bridgehead atoms. The van der Waals surface area contributed by atoms with Crippen LogP contribution >= 0.6 is 11.6 Å². The second-order valence-electron chi connectivity index (χ2n) is 4.48. The van der Waals surface area contributed by atoms with Crippen LogP contribution in [0.25, 0.3) is 11.2 Å². The molecule has 0 N–H and O–H groups in total. The van der Waals surface area contributed by atoms with E-state index >= 15 is 0 Å². The highest BCUT2D eigenvalue weighted by Gasteiger charge is 2.12. The number of fused-ring (bicyclic) bond motifs is 1. The third-order valence-electron chi connectivity index (χ3n) is 3.20. The summed E-state index contributed by atoms with van der Waals surface area (Å²) in [5.41, 5.74) is 1.64. The zero-order valence-electron chi connectivity index (χ0n) is 11.6. The van der Waals surface area contributed by atoms with Crippen LogP contribution in [-0.2, 0) is 19.5 Å². The third kappa shape index (κ3) is 2.82. The SMILES string of the molecule is COc1ccc2nc(CCCl)n(CCn3ccnn3)c2n1. The van der Waals surface area contributed by atoms with E-state index in [4.69, 9.17) is 16.3 Å². The summed E-state index contributed by atoms with van der Waals surface area (Å²) in [6.07, 6.45) is 4.18. The molecule has 21 heavy (non-hydrogen) atoms. The van der Waals surface area contributed by atoms with Crippen LogP contribution in [0, 0.1) is 0 Å². The molecule has 7 nitrogen and oxygen atoms in total.